The van der Waals surface area contributed by atoms with Gasteiger partial charge >= 0.3 is 5.97 Å². The van der Waals surface area contributed by atoms with Crippen LogP contribution in [0.15, 0.2) is 59.5 Å². The number of hydrogen-bond donors (Lipinski definition) is 0. The number of rotatable bonds is 7. The van der Waals surface area contributed by atoms with E-state index < -0.39 is 21.4 Å². The number of sulfone groups is 1. The first-order valence-electron chi connectivity index (χ1n) is 8.37. The van der Waals surface area contributed by atoms with Gasteiger partial charge in [-0.1, -0.05) is 30.3 Å². The number of carbonyl (C=O) groups is 1. The molecule has 0 bridgehead atoms. The van der Waals surface area contributed by atoms with Crippen LogP contribution >= 0.6 is 0 Å². The zero-order valence-corrected chi connectivity index (χ0v) is 16.1. The van der Waals surface area contributed by atoms with Gasteiger partial charge in [-0.05, 0) is 50.6 Å². The molecule has 0 aliphatic heterocycles. The summed E-state index contributed by atoms with van der Waals surface area (Å²) in [5.41, 5.74) is 0.403. The van der Waals surface area contributed by atoms with Crippen LogP contribution in [-0.4, -0.2) is 25.7 Å². The van der Waals surface area contributed by atoms with Crippen LogP contribution in [0.3, 0.4) is 0 Å². The molecule has 0 aliphatic rings. The molecule has 2 aromatic carbocycles. The third-order valence-electron chi connectivity index (χ3n) is 3.43. The molecule has 5 nitrogen and oxygen atoms in total. The summed E-state index contributed by atoms with van der Waals surface area (Å²) in [6.07, 6.45) is -0.175. The van der Waals surface area contributed by atoms with Crippen LogP contribution in [-0.2, 0) is 26.0 Å². The highest BCUT2D eigenvalue weighted by Crippen LogP contribution is 2.19. The molecule has 26 heavy (non-hydrogen) atoms. The third-order valence-corrected chi connectivity index (χ3v) is 5.16. The van der Waals surface area contributed by atoms with Gasteiger partial charge in [0, 0.05) is 0 Å². The molecule has 0 heterocycles. The summed E-state index contributed by atoms with van der Waals surface area (Å²) in [5.74, 6) is -0.226. The molecule has 0 aliphatic carbocycles. The fraction of sp³-hybridized carbons (Fsp3) is 0.350. The molecule has 0 saturated carbocycles. The van der Waals surface area contributed by atoms with E-state index in [0.29, 0.717) is 12.4 Å². The zero-order valence-electron chi connectivity index (χ0n) is 15.3. The van der Waals surface area contributed by atoms with Crippen molar-refractivity contribution in [2.24, 2.45) is 0 Å². The Kier molecular flexibility index (Phi) is 6.42. The monoisotopic (exact) mass is 376 g/mol. The molecular weight excluding hydrogens is 352 g/mol. The van der Waals surface area contributed by atoms with Crippen LogP contribution in [0.1, 0.15) is 32.8 Å². The molecule has 0 radical (unpaired) electrons. The molecule has 140 valence electrons. The Labute approximate surface area is 154 Å². The lowest BCUT2D eigenvalue weighted by atomic mass is 10.2. The van der Waals surface area contributed by atoms with Crippen molar-refractivity contribution in [2.75, 3.05) is 5.75 Å². The summed E-state index contributed by atoms with van der Waals surface area (Å²) in [7, 11) is -3.55. The quantitative estimate of drug-likeness (QED) is 0.688. The van der Waals surface area contributed by atoms with Crippen molar-refractivity contribution in [3.05, 3.63) is 60.2 Å². The second-order valence-corrected chi connectivity index (χ2v) is 9.01. The van der Waals surface area contributed by atoms with Crippen molar-refractivity contribution in [1.82, 2.24) is 0 Å². The van der Waals surface area contributed by atoms with Gasteiger partial charge in [-0.3, -0.25) is 4.79 Å². The van der Waals surface area contributed by atoms with Crippen molar-refractivity contribution in [1.29, 1.82) is 0 Å². The molecule has 0 saturated heterocycles. The fourth-order valence-electron chi connectivity index (χ4n) is 2.21. The zero-order chi connectivity index (χ0) is 19.2. The molecule has 0 spiro atoms. The third kappa shape index (κ3) is 6.52. The lowest BCUT2D eigenvalue weighted by Gasteiger charge is -2.19. The normalized spacial score (nSPS) is 11.8. The largest absolute Gasteiger partial charge is 0.489 e. The Balaban J connectivity index is 1.92. The Hall–Kier alpha value is -2.34. The summed E-state index contributed by atoms with van der Waals surface area (Å²) >= 11 is 0. The van der Waals surface area contributed by atoms with E-state index in [0.717, 1.165) is 5.56 Å². The molecule has 0 N–H and O–H groups in total. The van der Waals surface area contributed by atoms with Crippen molar-refractivity contribution in [2.45, 2.75) is 44.3 Å². The lowest BCUT2D eigenvalue weighted by molar-refractivity contribution is -0.154. The molecular formula is C20H24O5S. The summed E-state index contributed by atoms with van der Waals surface area (Å²) in [6.45, 7) is 5.64. The molecule has 6 heteroatoms. The Morgan fingerprint density at radius 2 is 1.58 bits per heavy atom. The maximum atomic E-state index is 12.3. The standard InChI is InChI=1S/C20H24O5S/c1-20(2,3)25-19(21)13-14-26(22,23)18-11-9-17(10-12-18)24-15-16-7-5-4-6-8-16/h4-12H,13-15H2,1-3H3. The fourth-order valence-corrected chi connectivity index (χ4v) is 3.43. The molecule has 2 rings (SSSR count). The van der Waals surface area contributed by atoms with Crippen LogP contribution in [0, 0.1) is 0 Å². The number of benzene rings is 2. The van der Waals surface area contributed by atoms with Gasteiger partial charge in [0.2, 0.25) is 0 Å². The second-order valence-electron chi connectivity index (χ2n) is 6.90. The predicted octanol–water partition coefficient (Wildman–Crippen LogP) is 3.77. The second kappa shape index (κ2) is 8.36. The Bertz CT molecular complexity index is 819. The van der Waals surface area contributed by atoms with Crippen LogP contribution in [0.25, 0.3) is 0 Å². The van der Waals surface area contributed by atoms with Gasteiger partial charge in [-0.15, -0.1) is 0 Å². The lowest BCUT2D eigenvalue weighted by Crippen LogP contribution is -2.25. The predicted molar refractivity (Wildman–Crippen MR) is 99.7 cm³/mol. The molecule has 0 atom stereocenters. The maximum absolute atomic E-state index is 12.3. The van der Waals surface area contributed by atoms with Crippen LogP contribution < -0.4 is 4.74 Å². The highest BCUT2D eigenvalue weighted by molar-refractivity contribution is 7.91. The maximum Gasteiger partial charge on any atom is 0.307 e. The van der Waals surface area contributed by atoms with E-state index in [1.54, 1.807) is 32.9 Å². The van der Waals surface area contributed by atoms with Crippen LogP contribution in [0.5, 0.6) is 5.75 Å². The van der Waals surface area contributed by atoms with E-state index in [9.17, 15) is 13.2 Å². The first-order chi connectivity index (χ1) is 12.2. The van der Waals surface area contributed by atoms with E-state index in [-0.39, 0.29) is 17.1 Å². The van der Waals surface area contributed by atoms with Crippen LogP contribution in [0.2, 0.25) is 0 Å². The van der Waals surface area contributed by atoms with Crippen molar-refractivity contribution in [3.8, 4) is 5.75 Å². The minimum Gasteiger partial charge on any atom is -0.489 e. The number of hydrogen-bond acceptors (Lipinski definition) is 5. The average Bonchev–Trinajstić information content (AvgIpc) is 2.58. The summed E-state index contributed by atoms with van der Waals surface area (Å²) < 4.78 is 35.5. The Morgan fingerprint density at radius 1 is 0.962 bits per heavy atom. The van der Waals surface area contributed by atoms with Gasteiger partial charge < -0.3 is 9.47 Å². The van der Waals surface area contributed by atoms with Gasteiger partial charge in [-0.25, -0.2) is 8.42 Å². The number of esters is 1. The Morgan fingerprint density at radius 3 is 2.15 bits per heavy atom. The minimum absolute atomic E-state index is 0.160. The van der Waals surface area contributed by atoms with Crippen molar-refractivity contribution >= 4 is 15.8 Å². The molecule has 0 fully saturated rings. The SMILES string of the molecule is CC(C)(C)OC(=O)CCS(=O)(=O)c1ccc(OCc2ccccc2)cc1. The van der Waals surface area contributed by atoms with E-state index in [4.69, 9.17) is 9.47 Å². The molecule has 0 aromatic heterocycles. The molecule has 0 amide bonds. The topological polar surface area (TPSA) is 69.7 Å². The van der Waals surface area contributed by atoms with Gasteiger partial charge in [0.15, 0.2) is 9.84 Å². The van der Waals surface area contributed by atoms with E-state index in [1.165, 1.54) is 12.1 Å². The van der Waals surface area contributed by atoms with Gasteiger partial charge in [-0.2, -0.15) is 0 Å². The molecule has 0 unspecified atom stereocenters. The van der Waals surface area contributed by atoms with Crippen LogP contribution in [0.4, 0.5) is 0 Å². The summed E-state index contributed by atoms with van der Waals surface area (Å²) in [6, 6.07) is 15.9. The first-order valence-corrected chi connectivity index (χ1v) is 10.0. The first kappa shape index (κ1) is 20.0. The number of carbonyl (C=O) groups excluding carboxylic acids is 1. The van der Waals surface area contributed by atoms with Crippen molar-refractivity contribution in [3.63, 3.8) is 0 Å². The highest BCUT2D eigenvalue weighted by atomic mass is 32.2. The summed E-state index contributed by atoms with van der Waals surface area (Å²) in [4.78, 5) is 11.9. The van der Waals surface area contributed by atoms with Gasteiger partial charge in [0.1, 0.15) is 18.0 Å². The van der Waals surface area contributed by atoms with E-state index in [1.807, 2.05) is 30.3 Å². The van der Waals surface area contributed by atoms with Gasteiger partial charge in [0.25, 0.3) is 0 Å². The number of ether oxygens (including phenoxy) is 2. The highest BCUT2D eigenvalue weighted by Gasteiger charge is 2.20. The van der Waals surface area contributed by atoms with E-state index >= 15 is 0 Å². The minimum atomic E-state index is -3.55. The smallest absolute Gasteiger partial charge is 0.307 e. The van der Waals surface area contributed by atoms with Gasteiger partial charge in [0.05, 0.1) is 17.1 Å². The summed E-state index contributed by atoms with van der Waals surface area (Å²) in [5, 5.41) is 0. The molecule has 2 aromatic rings. The van der Waals surface area contributed by atoms with E-state index in [2.05, 4.69) is 0 Å². The van der Waals surface area contributed by atoms with Crippen molar-refractivity contribution < 1.29 is 22.7 Å². The average molecular weight is 376 g/mol.